The van der Waals surface area contributed by atoms with E-state index in [9.17, 15) is 22.8 Å². The third kappa shape index (κ3) is 5.06. The second-order valence-electron chi connectivity index (χ2n) is 7.89. The Morgan fingerprint density at radius 1 is 1.03 bits per heavy atom. The summed E-state index contributed by atoms with van der Waals surface area (Å²) in [6.07, 6.45) is -0.315. The largest absolute Gasteiger partial charge is 0.481 e. The summed E-state index contributed by atoms with van der Waals surface area (Å²) in [7, 11) is -3.40. The first kappa shape index (κ1) is 22.5. The fourth-order valence-corrected chi connectivity index (χ4v) is 5.35. The van der Waals surface area contributed by atoms with Crippen molar-refractivity contribution in [3.63, 3.8) is 0 Å². The van der Waals surface area contributed by atoms with Crippen LogP contribution < -0.4 is 10.6 Å². The first-order valence-electron chi connectivity index (χ1n) is 10.3. The molecule has 1 heterocycles. The molecule has 0 bridgehead atoms. The lowest BCUT2D eigenvalue weighted by atomic mass is 9.98. The monoisotopic (exact) mass is 470 g/mol. The van der Waals surface area contributed by atoms with E-state index in [1.54, 1.807) is 0 Å². The number of carbonyl (C=O) groups is 3. The molecule has 2 atom stereocenters. The summed E-state index contributed by atoms with van der Waals surface area (Å²) in [6.45, 7) is 0.00484. The average Bonchev–Trinajstić information content (AvgIpc) is 3.28. The lowest BCUT2D eigenvalue weighted by Crippen LogP contribution is -2.50. The number of nitrogens with one attached hydrogen (secondary N) is 2. The van der Waals surface area contributed by atoms with E-state index < -0.39 is 46.3 Å². The van der Waals surface area contributed by atoms with Gasteiger partial charge in [0.2, 0.25) is 5.91 Å². The summed E-state index contributed by atoms with van der Waals surface area (Å²) >= 11 is 0. The summed E-state index contributed by atoms with van der Waals surface area (Å²) in [5.41, 5.74) is 4.15. The lowest BCUT2D eigenvalue weighted by Gasteiger charge is -2.20. The predicted octanol–water partition coefficient (Wildman–Crippen LogP) is 1.80. The number of rotatable bonds is 7. The topological polar surface area (TPSA) is 139 Å². The molecule has 4 rings (SSSR count). The molecule has 0 radical (unpaired) electrons. The Balaban J connectivity index is 1.40. The Morgan fingerprint density at radius 2 is 1.64 bits per heavy atom. The summed E-state index contributed by atoms with van der Waals surface area (Å²) < 4.78 is 28.4. The van der Waals surface area contributed by atoms with Crippen molar-refractivity contribution in [3.05, 3.63) is 71.1 Å². The van der Waals surface area contributed by atoms with Gasteiger partial charge in [0, 0.05) is 11.3 Å². The molecule has 1 aliphatic carbocycles. The highest BCUT2D eigenvalue weighted by Crippen LogP contribution is 2.44. The molecule has 172 valence electrons. The smallest absolute Gasteiger partial charge is 0.407 e. The van der Waals surface area contributed by atoms with E-state index >= 15 is 0 Å². The van der Waals surface area contributed by atoms with Crippen LogP contribution in [0.4, 0.5) is 4.79 Å². The van der Waals surface area contributed by atoms with E-state index in [1.165, 1.54) is 6.08 Å². The van der Waals surface area contributed by atoms with Gasteiger partial charge in [-0.25, -0.2) is 13.2 Å². The summed E-state index contributed by atoms with van der Waals surface area (Å²) in [6, 6.07) is 13.4. The van der Waals surface area contributed by atoms with E-state index in [2.05, 4.69) is 10.6 Å². The molecule has 9 nitrogen and oxygen atoms in total. The molecule has 0 spiro atoms. The lowest BCUT2D eigenvalue weighted by molar-refractivity contribution is -0.139. The predicted molar refractivity (Wildman–Crippen MR) is 119 cm³/mol. The molecule has 2 aromatic carbocycles. The highest BCUT2D eigenvalue weighted by molar-refractivity contribution is 7.94. The average molecular weight is 471 g/mol. The van der Waals surface area contributed by atoms with E-state index in [0.29, 0.717) is 0 Å². The number of hydrogen-bond acceptors (Lipinski definition) is 6. The number of carbonyl (C=O) groups excluding carboxylic acids is 2. The number of benzene rings is 2. The highest BCUT2D eigenvalue weighted by Gasteiger charge is 2.31. The zero-order chi connectivity index (χ0) is 23.6. The van der Waals surface area contributed by atoms with Crippen molar-refractivity contribution < 1.29 is 32.6 Å². The summed E-state index contributed by atoms with van der Waals surface area (Å²) in [5, 5.41) is 14.8. The zero-order valence-electron chi connectivity index (χ0n) is 17.4. The molecule has 0 saturated heterocycles. The first-order valence-corrected chi connectivity index (χ1v) is 12.0. The first-order chi connectivity index (χ1) is 15.7. The molecule has 0 saturated carbocycles. The minimum absolute atomic E-state index is 0.00484. The van der Waals surface area contributed by atoms with Gasteiger partial charge < -0.3 is 20.5 Å². The summed E-state index contributed by atoms with van der Waals surface area (Å²) in [5.74, 6) is -2.62. The van der Waals surface area contributed by atoms with Crippen molar-refractivity contribution in [2.75, 3.05) is 12.4 Å². The fraction of sp³-hybridized carbons (Fsp3) is 0.261. The van der Waals surface area contributed by atoms with E-state index in [1.807, 2.05) is 48.5 Å². The Kier molecular flexibility index (Phi) is 6.19. The van der Waals surface area contributed by atoms with Gasteiger partial charge in [-0.1, -0.05) is 48.5 Å². The molecule has 2 unspecified atom stereocenters. The number of alkyl carbamates (subject to hydrolysis) is 1. The molecule has 2 amide bonds. The van der Waals surface area contributed by atoms with Gasteiger partial charge in [-0.05, 0) is 28.3 Å². The maximum absolute atomic E-state index is 12.5. The van der Waals surface area contributed by atoms with E-state index in [0.717, 1.165) is 27.7 Å². The maximum Gasteiger partial charge on any atom is 0.407 e. The number of hydrogen-bond donors (Lipinski definition) is 3. The molecule has 0 fully saturated rings. The normalized spacial score (nSPS) is 18.7. The molecule has 10 heteroatoms. The Labute approximate surface area is 190 Å². The minimum atomic E-state index is -3.40. The zero-order valence-corrected chi connectivity index (χ0v) is 18.2. The van der Waals surface area contributed by atoms with Gasteiger partial charge in [0.25, 0.3) is 0 Å². The number of ether oxygens (including phenoxy) is 1. The van der Waals surface area contributed by atoms with Crippen LogP contribution in [0.25, 0.3) is 11.1 Å². The Morgan fingerprint density at radius 3 is 2.18 bits per heavy atom. The quantitative estimate of drug-likeness (QED) is 0.561. The van der Waals surface area contributed by atoms with Gasteiger partial charge in [-0.3, -0.25) is 9.59 Å². The van der Waals surface area contributed by atoms with Crippen molar-refractivity contribution in [2.24, 2.45) is 0 Å². The van der Waals surface area contributed by atoms with Crippen molar-refractivity contribution in [1.29, 1.82) is 0 Å². The highest BCUT2D eigenvalue weighted by atomic mass is 32.2. The molecule has 0 aromatic heterocycles. The van der Waals surface area contributed by atoms with Crippen LogP contribution in [0.2, 0.25) is 0 Å². The molecule has 1 aliphatic heterocycles. The van der Waals surface area contributed by atoms with Crippen molar-refractivity contribution in [2.45, 2.75) is 24.4 Å². The third-order valence-corrected chi connectivity index (χ3v) is 6.98. The van der Waals surface area contributed by atoms with Gasteiger partial charge >= 0.3 is 12.1 Å². The van der Waals surface area contributed by atoms with Gasteiger partial charge in [-0.2, -0.15) is 0 Å². The number of amides is 2. The van der Waals surface area contributed by atoms with E-state index in [4.69, 9.17) is 9.84 Å². The van der Waals surface area contributed by atoms with Gasteiger partial charge in [0.05, 0.1) is 18.2 Å². The number of carboxylic acids is 1. The Bertz CT molecular complexity index is 1190. The molecular formula is C23H22N2O7S. The second kappa shape index (κ2) is 9.07. The van der Waals surface area contributed by atoms with Crippen LogP contribution in [0, 0.1) is 0 Å². The standard InChI is InChI=1S/C23H22N2O7S/c26-21(27)11-20(22(28)24-14-9-10-33(30,31)13-14)25-23(29)32-12-19-17-7-3-1-5-15(17)16-6-2-4-8-18(16)19/h1-10,14,19-20H,11-13H2,(H,24,28)(H,25,29)(H,26,27). The van der Waals surface area contributed by atoms with Gasteiger partial charge in [-0.15, -0.1) is 0 Å². The van der Waals surface area contributed by atoms with Crippen LogP contribution in [0.3, 0.4) is 0 Å². The van der Waals surface area contributed by atoms with Crippen LogP contribution in [0.15, 0.2) is 60.0 Å². The van der Waals surface area contributed by atoms with Crippen LogP contribution >= 0.6 is 0 Å². The molecule has 33 heavy (non-hydrogen) atoms. The maximum atomic E-state index is 12.5. The van der Waals surface area contributed by atoms with Crippen molar-refractivity contribution in [3.8, 4) is 11.1 Å². The van der Waals surface area contributed by atoms with Crippen LogP contribution in [-0.2, 0) is 24.2 Å². The molecule has 3 N–H and O–H groups in total. The van der Waals surface area contributed by atoms with Crippen LogP contribution in [-0.4, -0.2) is 55.9 Å². The third-order valence-electron chi connectivity index (χ3n) is 5.59. The number of aliphatic carboxylic acids is 1. The molecule has 2 aromatic rings. The van der Waals surface area contributed by atoms with Crippen LogP contribution in [0.5, 0.6) is 0 Å². The van der Waals surface area contributed by atoms with Crippen molar-refractivity contribution in [1.82, 2.24) is 10.6 Å². The number of sulfone groups is 1. The van der Waals surface area contributed by atoms with Gasteiger partial charge in [0.1, 0.15) is 12.6 Å². The minimum Gasteiger partial charge on any atom is -0.481 e. The second-order valence-corrected chi connectivity index (χ2v) is 9.82. The van der Waals surface area contributed by atoms with E-state index in [-0.39, 0.29) is 18.3 Å². The SMILES string of the molecule is O=C(O)CC(NC(=O)OCC1c2ccccc2-c2ccccc21)C(=O)NC1C=CS(=O)(=O)C1. The number of fused-ring (bicyclic) bond motifs is 3. The van der Waals surface area contributed by atoms with Crippen molar-refractivity contribution >= 4 is 27.8 Å². The number of carboxylic acid groups (broad SMARTS) is 1. The fourth-order valence-electron chi connectivity index (χ4n) is 4.12. The summed E-state index contributed by atoms with van der Waals surface area (Å²) in [4.78, 5) is 36.1. The molecule has 2 aliphatic rings. The van der Waals surface area contributed by atoms with Crippen LogP contribution in [0.1, 0.15) is 23.5 Å². The van der Waals surface area contributed by atoms with Gasteiger partial charge in [0.15, 0.2) is 9.84 Å². The Hall–Kier alpha value is -3.66. The molecular weight excluding hydrogens is 448 g/mol.